The fraction of sp³-hybridized carbons (Fsp3) is 0.562. The monoisotopic (exact) mass is 326 g/mol. The number of unbranched alkanes of at least 4 members (excludes halogenated alkanes) is 1. The number of carbonyl (C=O) groups excluding carboxylic acids is 1. The summed E-state index contributed by atoms with van der Waals surface area (Å²) >= 11 is 3.45. The first-order valence-electron chi connectivity index (χ1n) is 6.99. The van der Waals surface area contributed by atoms with E-state index in [1.807, 2.05) is 18.2 Å². The van der Waals surface area contributed by atoms with Crippen LogP contribution in [0.15, 0.2) is 22.7 Å². The van der Waals surface area contributed by atoms with Crippen molar-refractivity contribution in [1.29, 1.82) is 0 Å². The lowest BCUT2D eigenvalue weighted by molar-refractivity contribution is 0.0956. The van der Waals surface area contributed by atoms with Crippen LogP contribution in [0.3, 0.4) is 0 Å². The van der Waals surface area contributed by atoms with E-state index >= 15 is 0 Å². The van der Waals surface area contributed by atoms with Crippen LogP contribution in [-0.4, -0.2) is 12.9 Å². The van der Waals surface area contributed by atoms with Crippen LogP contribution in [0.4, 0.5) is 0 Å². The average molecular weight is 327 g/mol. The number of hydrogen-bond donors (Lipinski definition) is 0. The minimum Gasteiger partial charge on any atom is -0.497 e. The van der Waals surface area contributed by atoms with Crippen molar-refractivity contribution in [3.63, 3.8) is 0 Å². The van der Waals surface area contributed by atoms with E-state index in [1.165, 1.54) is 12.8 Å². The highest BCUT2D eigenvalue weighted by Crippen LogP contribution is 2.26. The molecular formula is C16H23BrO2. The largest absolute Gasteiger partial charge is 0.497 e. The zero-order chi connectivity index (χ0) is 14.3. The van der Waals surface area contributed by atoms with Gasteiger partial charge in [0.2, 0.25) is 0 Å². The molecule has 19 heavy (non-hydrogen) atoms. The van der Waals surface area contributed by atoms with Gasteiger partial charge in [0.05, 0.1) is 7.11 Å². The minimum atomic E-state index is 0.203. The van der Waals surface area contributed by atoms with Crippen molar-refractivity contribution in [2.24, 2.45) is 5.92 Å². The van der Waals surface area contributed by atoms with Gasteiger partial charge in [-0.2, -0.15) is 0 Å². The van der Waals surface area contributed by atoms with Crippen molar-refractivity contribution >= 4 is 21.7 Å². The number of halogens is 1. The number of Topliss-reactive ketones (excluding diaryl/α,β-unsaturated/α-hetero) is 1. The molecule has 0 heterocycles. The smallest absolute Gasteiger partial charge is 0.164 e. The summed E-state index contributed by atoms with van der Waals surface area (Å²) in [5, 5.41) is 0. The molecule has 1 rings (SSSR count). The molecule has 1 unspecified atom stereocenters. The van der Waals surface area contributed by atoms with Crippen LogP contribution in [0.25, 0.3) is 0 Å². The van der Waals surface area contributed by atoms with Gasteiger partial charge in [0, 0.05) is 16.5 Å². The molecule has 106 valence electrons. The summed E-state index contributed by atoms with van der Waals surface area (Å²) < 4.78 is 6.03. The molecule has 0 radical (unpaired) electrons. The highest BCUT2D eigenvalue weighted by Gasteiger charge is 2.16. The van der Waals surface area contributed by atoms with Gasteiger partial charge < -0.3 is 4.74 Å². The number of rotatable bonds is 8. The maximum atomic E-state index is 12.4. The second-order valence-electron chi connectivity index (χ2n) is 4.89. The molecule has 0 aromatic heterocycles. The Hall–Kier alpha value is -0.830. The Bertz CT molecular complexity index is 415. The van der Waals surface area contributed by atoms with Gasteiger partial charge in [-0.3, -0.25) is 4.79 Å². The number of ether oxygens (including phenoxy) is 1. The molecule has 0 aliphatic rings. The van der Waals surface area contributed by atoms with Crippen LogP contribution < -0.4 is 4.74 Å². The molecule has 3 heteroatoms. The first-order valence-corrected chi connectivity index (χ1v) is 7.78. The highest BCUT2D eigenvalue weighted by atomic mass is 79.9. The Morgan fingerprint density at radius 2 is 2.11 bits per heavy atom. The zero-order valence-electron chi connectivity index (χ0n) is 12.0. The predicted octanol–water partition coefficient (Wildman–Crippen LogP) is 5.25. The Kier molecular flexibility index (Phi) is 7.14. The van der Waals surface area contributed by atoms with Crippen LogP contribution in [-0.2, 0) is 0 Å². The van der Waals surface area contributed by atoms with Gasteiger partial charge in [-0.1, -0.05) is 55.5 Å². The molecule has 0 saturated heterocycles. The van der Waals surface area contributed by atoms with Crippen LogP contribution in [0.5, 0.6) is 5.75 Å². The van der Waals surface area contributed by atoms with Crippen molar-refractivity contribution in [2.45, 2.75) is 46.0 Å². The number of benzene rings is 1. The first-order chi connectivity index (χ1) is 9.12. The van der Waals surface area contributed by atoms with E-state index in [1.54, 1.807) is 7.11 Å². The molecule has 1 atom stereocenters. The molecule has 0 bridgehead atoms. The van der Waals surface area contributed by atoms with E-state index < -0.39 is 0 Å². The molecule has 0 spiro atoms. The van der Waals surface area contributed by atoms with Crippen molar-refractivity contribution in [3.8, 4) is 5.75 Å². The van der Waals surface area contributed by atoms with E-state index in [-0.39, 0.29) is 5.78 Å². The Balaban J connectivity index is 2.76. The standard InChI is InChI=1S/C16H23BrO2/c1-4-6-7-12(5-2)10-16(18)14-11-13(19-3)8-9-15(14)17/h8-9,11-12H,4-7,10H2,1-3H3. The van der Waals surface area contributed by atoms with Gasteiger partial charge in [-0.25, -0.2) is 0 Å². The third-order valence-corrected chi connectivity index (χ3v) is 4.18. The predicted molar refractivity (Wildman–Crippen MR) is 82.9 cm³/mol. The summed E-state index contributed by atoms with van der Waals surface area (Å²) in [4.78, 5) is 12.4. The fourth-order valence-electron chi connectivity index (χ4n) is 2.16. The number of methoxy groups -OCH3 is 1. The maximum Gasteiger partial charge on any atom is 0.164 e. The van der Waals surface area contributed by atoms with E-state index in [2.05, 4.69) is 29.8 Å². The second-order valence-corrected chi connectivity index (χ2v) is 5.74. The van der Waals surface area contributed by atoms with E-state index in [0.29, 0.717) is 12.3 Å². The topological polar surface area (TPSA) is 26.3 Å². The molecule has 0 aliphatic heterocycles. The normalized spacial score (nSPS) is 12.2. The van der Waals surface area contributed by atoms with Gasteiger partial charge in [-0.15, -0.1) is 0 Å². The number of carbonyl (C=O) groups is 1. The number of hydrogen-bond acceptors (Lipinski definition) is 2. The lowest BCUT2D eigenvalue weighted by Gasteiger charge is -2.14. The molecule has 1 aromatic carbocycles. The Labute approximate surface area is 124 Å². The van der Waals surface area contributed by atoms with Crippen molar-refractivity contribution in [2.75, 3.05) is 7.11 Å². The summed E-state index contributed by atoms with van der Waals surface area (Å²) in [6, 6.07) is 5.55. The molecule has 0 amide bonds. The molecule has 0 fully saturated rings. The van der Waals surface area contributed by atoms with Crippen molar-refractivity contribution in [1.82, 2.24) is 0 Å². The van der Waals surface area contributed by atoms with Gasteiger partial charge in [0.25, 0.3) is 0 Å². The summed E-state index contributed by atoms with van der Waals surface area (Å²) in [6.45, 7) is 4.35. The fourth-order valence-corrected chi connectivity index (χ4v) is 2.63. The Morgan fingerprint density at radius 1 is 1.37 bits per heavy atom. The van der Waals surface area contributed by atoms with Crippen molar-refractivity contribution in [3.05, 3.63) is 28.2 Å². The van der Waals surface area contributed by atoms with Gasteiger partial charge in [0.15, 0.2) is 5.78 Å². The molecular weight excluding hydrogens is 304 g/mol. The third kappa shape index (κ3) is 4.98. The van der Waals surface area contributed by atoms with E-state index in [0.717, 1.165) is 28.6 Å². The maximum absolute atomic E-state index is 12.4. The molecule has 1 aromatic rings. The Morgan fingerprint density at radius 3 is 2.68 bits per heavy atom. The lowest BCUT2D eigenvalue weighted by Crippen LogP contribution is -2.09. The summed E-state index contributed by atoms with van der Waals surface area (Å²) in [6.07, 6.45) is 5.22. The molecule has 0 N–H and O–H groups in total. The van der Waals surface area contributed by atoms with Crippen molar-refractivity contribution < 1.29 is 9.53 Å². The lowest BCUT2D eigenvalue weighted by atomic mass is 9.91. The zero-order valence-corrected chi connectivity index (χ0v) is 13.6. The second kappa shape index (κ2) is 8.36. The summed E-state index contributed by atoms with van der Waals surface area (Å²) in [5.74, 6) is 1.42. The summed E-state index contributed by atoms with van der Waals surface area (Å²) in [7, 11) is 1.62. The highest BCUT2D eigenvalue weighted by molar-refractivity contribution is 9.10. The summed E-state index contributed by atoms with van der Waals surface area (Å²) in [5.41, 5.74) is 0.731. The quantitative estimate of drug-likeness (QED) is 0.610. The van der Waals surface area contributed by atoms with Crippen LogP contribution >= 0.6 is 15.9 Å². The SMILES string of the molecule is CCCCC(CC)CC(=O)c1cc(OC)ccc1Br. The van der Waals surface area contributed by atoms with Crippen LogP contribution in [0.1, 0.15) is 56.3 Å². The van der Waals surface area contributed by atoms with Gasteiger partial charge in [-0.05, 0) is 24.1 Å². The third-order valence-electron chi connectivity index (χ3n) is 3.49. The van der Waals surface area contributed by atoms with Crippen LogP contribution in [0, 0.1) is 5.92 Å². The van der Waals surface area contributed by atoms with Gasteiger partial charge >= 0.3 is 0 Å². The van der Waals surface area contributed by atoms with E-state index in [4.69, 9.17) is 4.74 Å². The van der Waals surface area contributed by atoms with Crippen LogP contribution in [0.2, 0.25) is 0 Å². The molecule has 2 nitrogen and oxygen atoms in total. The average Bonchev–Trinajstić information content (AvgIpc) is 2.43. The first kappa shape index (κ1) is 16.2. The number of ketones is 1. The van der Waals surface area contributed by atoms with Gasteiger partial charge in [0.1, 0.15) is 5.75 Å². The minimum absolute atomic E-state index is 0.203. The van der Waals surface area contributed by atoms with E-state index in [9.17, 15) is 4.79 Å². The molecule has 0 saturated carbocycles. The molecule has 0 aliphatic carbocycles.